The van der Waals surface area contributed by atoms with E-state index < -0.39 is 6.03 Å². The molecule has 0 fully saturated rings. The molecule has 0 bridgehead atoms. The Morgan fingerprint density at radius 3 is 2.50 bits per heavy atom. The lowest BCUT2D eigenvalue weighted by Crippen LogP contribution is -2.32. The minimum absolute atomic E-state index is 0.175. The van der Waals surface area contributed by atoms with Crippen molar-refractivity contribution in [2.75, 3.05) is 4.90 Å². The molecule has 0 radical (unpaired) electrons. The van der Waals surface area contributed by atoms with Crippen molar-refractivity contribution in [3.8, 4) is 11.8 Å². The van der Waals surface area contributed by atoms with Gasteiger partial charge in [-0.05, 0) is 36.8 Å². The molecule has 0 saturated heterocycles. The van der Waals surface area contributed by atoms with E-state index in [0.29, 0.717) is 11.3 Å². The van der Waals surface area contributed by atoms with Crippen molar-refractivity contribution >= 4 is 17.4 Å². The molecule has 0 aliphatic rings. The lowest BCUT2D eigenvalue weighted by Gasteiger charge is -2.23. The molecule has 20 heavy (non-hydrogen) atoms. The van der Waals surface area contributed by atoms with Gasteiger partial charge in [0.05, 0.1) is 23.0 Å². The zero-order valence-corrected chi connectivity index (χ0v) is 10.9. The number of nitrogens with two attached hydrogens (primary N) is 1. The highest BCUT2D eigenvalue weighted by atomic mass is 16.3. The molecular weight excluding hydrogens is 254 g/mol. The maximum atomic E-state index is 11.7. The van der Waals surface area contributed by atoms with Gasteiger partial charge in [-0.1, -0.05) is 18.2 Å². The summed E-state index contributed by atoms with van der Waals surface area (Å²) >= 11 is 0. The van der Waals surface area contributed by atoms with Gasteiger partial charge in [-0.15, -0.1) is 0 Å². The van der Waals surface area contributed by atoms with Crippen LogP contribution in [0.25, 0.3) is 0 Å². The molecule has 2 amide bonds. The van der Waals surface area contributed by atoms with Gasteiger partial charge in [-0.25, -0.2) is 4.79 Å². The van der Waals surface area contributed by atoms with Crippen LogP contribution in [0.5, 0.6) is 5.75 Å². The fraction of sp³-hybridized carbons (Fsp3) is 0.0667. The number of nitriles is 1. The summed E-state index contributed by atoms with van der Waals surface area (Å²) in [7, 11) is 0. The van der Waals surface area contributed by atoms with Crippen molar-refractivity contribution in [2.24, 2.45) is 5.73 Å². The van der Waals surface area contributed by atoms with Crippen molar-refractivity contribution in [3.63, 3.8) is 0 Å². The third kappa shape index (κ3) is 2.40. The molecule has 2 aromatic rings. The van der Waals surface area contributed by atoms with Gasteiger partial charge in [0.15, 0.2) is 0 Å². The number of para-hydroxylation sites is 1. The molecule has 0 spiro atoms. The molecule has 0 saturated carbocycles. The Kier molecular flexibility index (Phi) is 3.58. The average molecular weight is 267 g/mol. The number of hydrogen-bond acceptors (Lipinski definition) is 3. The number of phenolic OH excluding ortho intramolecular Hbond substituents is 1. The van der Waals surface area contributed by atoms with Gasteiger partial charge in [0.2, 0.25) is 0 Å². The van der Waals surface area contributed by atoms with Gasteiger partial charge in [-0.2, -0.15) is 5.26 Å². The molecule has 2 rings (SSSR count). The largest absolute Gasteiger partial charge is 0.506 e. The molecule has 2 aromatic carbocycles. The molecular formula is C15H13N3O2. The first-order chi connectivity index (χ1) is 9.54. The number of anilines is 2. The molecule has 5 nitrogen and oxygen atoms in total. The fourth-order valence-corrected chi connectivity index (χ4v) is 1.96. The van der Waals surface area contributed by atoms with Crippen LogP contribution in [0, 0.1) is 18.3 Å². The van der Waals surface area contributed by atoms with Crippen LogP contribution in [0.3, 0.4) is 0 Å². The van der Waals surface area contributed by atoms with Crippen molar-refractivity contribution in [1.82, 2.24) is 0 Å². The first kappa shape index (κ1) is 13.4. The Labute approximate surface area is 116 Å². The molecule has 0 unspecified atom stereocenters. The van der Waals surface area contributed by atoms with E-state index in [0.717, 1.165) is 5.56 Å². The molecule has 0 atom stereocenters. The summed E-state index contributed by atoms with van der Waals surface area (Å²) in [5, 5.41) is 18.8. The zero-order valence-electron chi connectivity index (χ0n) is 10.9. The van der Waals surface area contributed by atoms with Crippen LogP contribution in [0.4, 0.5) is 16.2 Å². The molecule has 0 heterocycles. The highest BCUT2D eigenvalue weighted by Crippen LogP contribution is 2.34. The first-order valence-electron chi connectivity index (χ1n) is 5.93. The summed E-state index contributed by atoms with van der Waals surface area (Å²) in [6, 6.07) is 12.7. The lowest BCUT2D eigenvalue weighted by molar-refractivity contribution is 0.256. The molecule has 3 N–H and O–H groups in total. The van der Waals surface area contributed by atoms with Gasteiger partial charge < -0.3 is 10.8 Å². The number of amides is 2. The highest BCUT2D eigenvalue weighted by Gasteiger charge is 2.20. The Morgan fingerprint density at radius 1 is 1.25 bits per heavy atom. The number of nitrogens with zero attached hydrogens (tertiary/aromatic N) is 2. The zero-order chi connectivity index (χ0) is 14.7. The number of phenols is 1. The number of carbonyl (C=O) groups excluding carboxylic acids is 1. The summed E-state index contributed by atoms with van der Waals surface area (Å²) in [6.45, 7) is 1.84. The van der Waals surface area contributed by atoms with Crippen LogP contribution < -0.4 is 10.6 Å². The van der Waals surface area contributed by atoms with Gasteiger partial charge in [0, 0.05) is 0 Å². The Hall–Kier alpha value is -3.00. The smallest absolute Gasteiger partial charge is 0.324 e. The summed E-state index contributed by atoms with van der Waals surface area (Å²) < 4.78 is 0. The van der Waals surface area contributed by atoms with Crippen LogP contribution >= 0.6 is 0 Å². The summed E-state index contributed by atoms with van der Waals surface area (Å²) in [4.78, 5) is 12.9. The standard InChI is InChI=1S/C15H13N3O2/c1-10-4-2-3-5-12(10)18(15(17)20)13-7-6-11(9-16)8-14(13)19/h2-8,19H,1H3,(H2,17,20). The van der Waals surface area contributed by atoms with Crippen LogP contribution in [0.1, 0.15) is 11.1 Å². The molecule has 100 valence electrons. The fourth-order valence-electron chi connectivity index (χ4n) is 1.96. The maximum absolute atomic E-state index is 11.7. The topological polar surface area (TPSA) is 90.4 Å². The number of primary amides is 1. The number of urea groups is 1. The molecule has 0 aliphatic carbocycles. The minimum atomic E-state index is -0.709. The normalized spacial score (nSPS) is 9.80. The van der Waals surface area contributed by atoms with Gasteiger partial charge in [0.1, 0.15) is 5.75 Å². The van der Waals surface area contributed by atoms with E-state index in [1.807, 2.05) is 25.1 Å². The van der Waals surface area contributed by atoms with Crippen molar-refractivity contribution in [3.05, 3.63) is 53.6 Å². The number of aromatic hydroxyl groups is 1. The van der Waals surface area contributed by atoms with Crippen LogP contribution in [0.15, 0.2) is 42.5 Å². The van der Waals surface area contributed by atoms with E-state index in [-0.39, 0.29) is 11.4 Å². The highest BCUT2D eigenvalue weighted by molar-refractivity contribution is 6.00. The molecule has 0 aliphatic heterocycles. The maximum Gasteiger partial charge on any atom is 0.324 e. The van der Waals surface area contributed by atoms with E-state index in [4.69, 9.17) is 11.0 Å². The monoisotopic (exact) mass is 267 g/mol. The second kappa shape index (κ2) is 5.33. The third-order valence-corrected chi connectivity index (χ3v) is 2.92. The van der Waals surface area contributed by atoms with E-state index in [1.54, 1.807) is 12.1 Å². The first-order valence-corrected chi connectivity index (χ1v) is 5.93. The van der Waals surface area contributed by atoms with E-state index in [1.165, 1.54) is 23.1 Å². The van der Waals surface area contributed by atoms with E-state index in [2.05, 4.69) is 0 Å². The molecule has 5 heteroatoms. The summed E-state index contributed by atoms with van der Waals surface area (Å²) in [5.74, 6) is -0.175. The molecule has 0 aromatic heterocycles. The van der Waals surface area contributed by atoms with Gasteiger partial charge in [-0.3, -0.25) is 4.90 Å². The SMILES string of the molecule is Cc1ccccc1N(C(N)=O)c1ccc(C#N)cc1O. The predicted octanol–water partition coefficient (Wildman–Crippen LogP) is 2.79. The predicted molar refractivity (Wildman–Crippen MR) is 75.7 cm³/mol. The second-order valence-corrected chi connectivity index (χ2v) is 4.28. The van der Waals surface area contributed by atoms with Gasteiger partial charge in [0.25, 0.3) is 0 Å². The van der Waals surface area contributed by atoms with E-state index >= 15 is 0 Å². The Balaban J connectivity index is 2.59. The lowest BCUT2D eigenvalue weighted by atomic mass is 10.1. The van der Waals surface area contributed by atoms with Gasteiger partial charge >= 0.3 is 6.03 Å². The number of aryl methyl sites for hydroxylation is 1. The second-order valence-electron chi connectivity index (χ2n) is 4.28. The van der Waals surface area contributed by atoms with Crippen LogP contribution in [-0.2, 0) is 0 Å². The number of hydrogen-bond donors (Lipinski definition) is 2. The third-order valence-electron chi connectivity index (χ3n) is 2.92. The van der Waals surface area contributed by atoms with Crippen LogP contribution in [-0.4, -0.2) is 11.1 Å². The van der Waals surface area contributed by atoms with Crippen molar-refractivity contribution in [2.45, 2.75) is 6.92 Å². The van der Waals surface area contributed by atoms with Crippen LogP contribution in [0.2, 0.25) is 0 Å². The average Bonchev–Trinajstić information content (AvgIpc) is 2.42. The number of carbonyl (C=O) groups is 1. The minimum Gasteiger partial charge on any atom is -0.506 e. The van der Waals surface area contributed by atoms with Crippen molar-refractivity contribution < 1.29 is 9.90 Å². The van der Waals surface area contributed by atoms with E-state index in [9.17, 15) is 9.90 Å². The number of benzene rings is 2. The number of rotatable bonds is 2. The Morgan fingerprint density at radius 2 is 1.95 bits per heavy atom. The van der Waals surface area contributed by atoms with Crippen molar-refractivity contribution in [1.29, 1.82) is 5.26 Å². The Bertz CT molecular complexity index is 705. The summed E-state index contributed by atoms with van der Waals surface area (Å²) in [5.41, 5.74) is 7.39. The summed E-state index contributed by atoms with van der Waals surface area (Å²) in [6.07, 6.45) is 0. The quantitative estimate of drug-likeness (QED) is 0.876.